The predicted octanol–water partition coefficient (Wildman–Crippen LogP) is 4.22. The zero-order valence-electron chi connectivity index (χ0n) is 17.7. The number of rotatable bonds is 8. The van der Waals surface area contributed by atoms with Gasteiger partial charge in [-0.2, -0.15) is 0 Å². The van der Waals surface area contributed by atoms with Gasteiger partial charge >= 0.3 is 5.63 Å². The van der Waals surface area contributed by atoms with Gasteiger partial charge in [0, 0.05) is 40.6 Å². The normalized spacial score (nSPS) is 10.6. The van der Waals surface area contributed by atoms with E-state index in [0.717, 1.165) is 10.9 Å². The van der Waals surface area contributed by atoms with Gasteiger partial charge < -0.3 is 20.4 Å². The molecule has 172 valence electrons. The molecule has 0 spiro atoms. The van der Waals surface area contributed by atoms with Crippen molar-refractivity contribution >= 4 is 66.2 Å². The Morgan fingerprint density at radius 2 is 1.61 bits per heavy atom. The van der Waals surface area contributed by atoms with E-state index >= 15 is 0 Å². The van der Waals surface area contributed by atoms with Crippen LogP contribution in [0.4, 0.5) is 5.69 Å². The number of fused-ring (bicyclic) bond motifs is 1. The van der Waals surface area contributed by atoms with E-state index in [0.29, 0.717) is 33.1 Å². The number of hydrogen-bond donors (Lipinski definition) is 3. The van der Waals surface area contributed by atoms with Gasteiger partial charge in [0.1, 0.15) is 5.56 Å². The Bertz CT molecular complexity index is 1260. The van der Waals surface area contributed by atoms with Crippen molar-refractivity contribution in [3.8, 4) is 0 Å². The smallest absolute Gasteiger partial charge is 0.349 e. The summed E-state index contributed by atoms with van der Waals surface area (Å²) in [6, 6.07) is 11.5. The Morgan fingerprint density at radius 1 is 0.939 bits per heavy atom. The molecule has 1 aromatic heterocycles. The summed E-state index contributed by atoms with van der Waals surface area (Å²) in [5.74, 6) is -0.995. The van der Waals surface area contributed by atoms with Gasteiger partial charge in [0.2, 0.25) is 5.91 Å². The Balaban J connectivity index is 1.53. The summed E-state index contributed by atoms with van der Waals surface area (Å²) < 4.78 is 6.63. The van der Waals surface area contributed by atoms with Crippen molar-refractivity contribution < 1.29 is 18.8 Å². The first kappa shape index (κ1) is 24.7. The number of nitrogens with one attached hydrogen (secondary N) is 3. The molecule has 0 saturated heterocycles. The van der Waals surface area contributed by atoms with Crippen molar-refractivity contribution in [1.29, 1.82) is 0 Å². The molecule has 0 fully saturated rings. The SMILES string of the molecule is CCCC(=O)Nc1ccc(C(=O)NCCNC(=O)c2cc3cc(Br)cc(Br)c3oc2=O)cc1. The average molecular weight is 579 g/mol. The van der Waals surface area contributed by atoms with E-state index < -0.39 is 11.5 Å². The van der Waals surface area contributed by atoms with Crippen LogP contribution in [0, 0.1) is 0 Å². The molecule has 10 heteroatoms. The first-order valence-corrected chi connectivity index (χ1v) is 11.8. The minimum atomic E-state index is -0.752. The Morgan fingerprint density at radius 3 is 2.27 bits per heavy atom. The van der Waals surface area contributed by atoms with Gasteiger partial charge in [0.05, 0.1) is 4.47 Å². The molecule has 0 bridgehead atoms. The molecule has 33 heavy (non-hydrogen) atoms. The topological polar surface area (TPSA) is 118 Å². The van der Waals surface area contributed by atoms with Gasteiger partial charge in [0.25, 0.3) is 11.8 Å². The molecule has 0 aliphatic carbocycles. The van der Waals surface area contributed by atoms with Crippen LogP contribution in [0.5, 0.6) is 0 Å². The summed E-state index contributed by atoms with van der Waals surface area (Å²) in [6.45, 7) is 2.20. The van der Waals surface area contributed by atoms with Gasteiger partial charge in [-0.3, -0.25) is 14.4 Å². The fourth-order valence-electron chi connectivity index (χ4n) is 3.02. The maximum Gasteiger partial charge on any atom is 0.349 e. The molecule has 0 saturated carbocycles. The monoisotopic (exact) mass is 577 g/mol. The molecular weight excluding hydrogens is 558 g/mol. The number of carbonyl (C=O) groups excluding carboxylic acids is 3. The first-order chi connectivity index (χ1) is 15.8. The number of halogens is 2. The van der Waals surface area contributed by atoms with Crippen LogP contribution in [0.15, 0.2) is 60.6 Å². The van der Waals surface area contributed by atoms with Crippen molar-refractivity contribution in [2.24, 2.45) is 0 Å². The van der Waals surface area contributed by atoms with Gasteiger partial charge in [0.15, 0.2) is 5.58 Å². The van der Waals surface area contributed by atoms with Gasteiger partial charge in [-0.05, 0) is 64.8 Å². The van der Waals surface area contributed by atoms with Gasteiger partial charge in [-0.25, -0.2) is 4.79 Å². The van der Waals surface area contributed by atoms with E-state index in [1.165, 1.54) is 6.07 Å². The first-order valence-electron chi connectivity index (χ1n) is 10.2. The van der Waals surface area contributed by atoms with E-state index in [1.807, 2.05) is 6.92 Å². The van der Waals surface area contributed by atoms with Crippen LogP contribution in [-0.4, -0.2) is 30.8 Å². The summed E-state index contributed by atoms with van der Waals surface area (Å²) in [5, 5.41) is 8.63. The quantitative estimate of drug-likeness (QED) is 0.273. The van der Waals surface area contributed by atoms with E-state index in [4.69, 9.17) is 4.42 Å². The second-order valence-electron chi connectivity index (χ2n) is 7.14. The van der Waals surface area contributed by atoms with Gasteiger partial charge in [-0.1, -0.05) is 22.9 Å². The van der Waals surface area contributed by atoms with E-state index in [-0.39, 0.29) is 30.5 Å². The van der Waals surface area contributed by atoms with Crippen molar-refractivity contribution in [1.82, 2.24) is 10.6 Å². The van der Waals surface area contributed by atoms with Crippen molar-refractivity contribution in [3.05, 3.63) is 73.0 Å². The van der Waals surface area contributed by atoms with E-state index in [9.17, 15) is 19.2 Å². The summed E-state index contributed by atoms with van der Waals surface area (Å²) in [7, 11) is 0. The molecule has 3 aromatic rings. The Kier molecular flexibility index (Phi) is 8.40. The highest BCUT2D eigenvalue weighted by atomic mass is 79.9. The molecule has 0 aliphatic rings. The second kappa shape index (κ2) is 11.2. The molecule has 0 atom stereocenters. The zero-order valence-corrected chi connectivity index (χ0v) is 20.8. The van der Waals surface area contributed by atoms with E-state index in [2.05, 4.69) is 47.8 Å². The minimum absolute atomic E-state index is 0.0776. The third kappa shape index (κ3) is 6.52. The number of carbonyl (C=O) groups is 3. The zero-order chi connectivity index (χ0) is 24.0. The molecule has 3 amide bonds. The fraction of sp³-hybridized carbons (Fsp3) is 0.217. The van der Waals surface area contributed by atoms with Crippen LogP contribution in [0.25, 0.3) is 11.0 Å². The maximum absolute atomic E-state index is 12.4. The van der Waals surface area contributed by atoms with Crippen molar-refractivity contribution in [3.63, 3.8) is 0 Å². The number of hydrogen-bond acceptors (Lipinski definition) is 5. The van der Waals surface area contributed by atoms with Crippen LogP contribution in [0.3, 0.4) is 0 Å². The molecule has 1 heterocycles. The van der Waals surface area contributed by atoms with E-state index in [1.54, 1.807) is 36.4 Å². The number of benzene rings is 2. The summed E-state index contributed by atoms with van der Waals surface area (Å²) in [4.78, 5) is 48.5. The lowest BCUT2D eigenvalue weighted by molar-refractivity contribution is -0.116. The highest BCUT2D eigenvalue weighted by Crippen LogP contribution is 2.28. The molecule has 3 rings (SSSR count). The average Bonchev–Trinajstić information content (AvgIpc) is 2.77. The largest absolute Gasteiger partial charge is 0.421 e. The lowest BCUT2D eigenvalue weighted by atomic mass is 10.2. The molecule has 8 nitrogen and oxygen atoms in total. The fourth-order valence-corrected chi connectivity index (χ4v) is 4.36. The van der Waals surface area contributed by atoms with Crippen LogP contribution in [0.1, 0.15) is 40.5 Å². The summed E-state index contributed by atoms with van der Waals surface area (Å²) in [5.41, 5.74) is 0.507. The summed E-state index contributed by atoms with van der Waals surface area (Å²) in [6.07, 6.45) is 1.19. The number of anilines is 1. The van der Waals surface area contributed by atoms with Crippen molar-refractivity contribution in [2.45, 2.75) is 19.8 Å². The molecular formula is C23H21Br2N3O5. The third-order valence-corrected chi connectivity index (χ3v) is 5.65. The molecule has 0 unspecified atom stereocenters. The van der Waals surface area contributed by atoms with Crippen LogP contribution >= 0.6 is 31.9 Å². The van der Waals surface area contributed by atoms with Crippen LogP contribution in [0.2, 0.25) is 0 Å². The molecule has 2 aromatic carbocycles. The molecule has 0 radical (unpaired) electrons. The van der Waals surface area contributed by atoms with Crippen LogP contribution in [-0.2, 0) is 4.79 Å². The standard InChI is InChI=1S/C23H21Br2N3O5/c1-2-3-19(29)28-16-6-4-13(5-7-16)21(30)26-8-9-27-22(31)17-11-14-10-15(24)12-18(25)20(14)33-23(17)32/h4-7,10-12H,2-3,8-9H2,1H3,(H,26,30)(H,27,31)(H,28,29). The Hall–Kier alpha value is -2.98. The third-order valence-electron chi connectivity index (χ3n) is 4.60. The molecule has 3 N–H and O–H groups in total. The van der Waals surface area contributed by atoms with Gasteiger partial charge in [-0.15, -0.1) is 0 Å². The Labute approximate surface area is 206 Å². The maximum atomic E-state index is 12.4. The van der Waals surface area contributed by atoms with Crippen molar-refractivity contribution in [2.75, 3.05) is 18.4 Å². The highest BCUT2D eigenvalue weighted by molar-refractivity contribution is 9.11. The highest BCUT2D eigenvalue weighted by Gasteiger charge is 2.15. The predicted molar refractivity (Wildman–Crippen MR) is 133 cm³/mol. The summed E-state index contributed by atoms with van der Waals surface area (Å²) >= 11 is 6.68. The lowest BCUT2D eigenvalue weighted by Gasteiger charge is -2.09. The molecule has 0 aliphatic heterocycles. The van der Waals surface area contributed by atoms with Crippen LogP contribution < -0.4 is 21.6 Å². The lowest BCUT2D eigenvalue weighted by Crippen LogP contribution is -2.36. The second-order valence-corrected chi connectivity index (χ2v) is 8.91. The number of amides is 3. The minimum Gasteiger partial charge on any atom is -0.421 e.